The second-order valence-corrected chi connectivity index (χ2v) is 5.48. The molecule has 0 radical (unpaired) electrons. The quantitative estimate of drug-likeness (QED) is 0.823. The Morgan fingerprint density at radius 3 is 2.25 bits per heavy atom. The molecule has 0 spiro atoms. The van der Waals surface area contributed by atoms with Gasteiger partial charge in [0.05, 0.1) is 5.60 Å². The fourth-order valence-corrected chi connectivity index (χ4v) is 1.82. The van der Waals surface area contributed by atoms with Crippen molar-refractivity contribution >= 4 is 0 Å². The first-order chi connectivity index (χ1) is 7.22. The molecule has 1 unspecified atom stereocenters. The Kier molecular flexibility index (Phi) is 3.46. The molecule has 3 N–H and O–H groups in total. The van der Waals surface area contributed by atoms with Gasteiger partial charge in [0.25, 0.3) is 0 Å². The Hall–Kier alpha value is -0.860. The zero-order chi connectivity index (χ0) is 12.6. The third-order valence-corrected chi connectivity index (χ3v) is 3.75. The molecule has 1 rings (SSSR count). The Bertz CT molecular complexity index is 380. The Morgan fingerprint density at radius 1 is 1.19 bits per heavy atom. The normalized spacial score (nSPS) is 15.9. The zero-order valence-corrected chi connectivity index (χ0v) is 11.0. The fraction of sp³-hybridized carbons (Fsp3) is 0.571. The van der Waals surface area contributed by atoms with Gasteiger partial charge in [-0.1, -0.05) is 37.6 Å². The zero-order valence-electron chi connectivity index (χ0n) is 11.0. The minimum atomic E-state index is -0.905. The summed E-state index contributed by atoms with van der Waals surface area (Å²) in [5.41, 5.74) is 7.76. The Labute approximate surface area is 98.5 Å². The largest absolute Gasteiger partial charge is 0.385 e. The maximum absolute atomic E-state index is 10.7. The van der Waals surface area contributed by atoms with Gasteiger partial charge in [0.1, 0.15) is 0 Å². The summed E-state index contributed by atoms with van der Waals surface area (Å²) in [5.74, 6) is 0. The lowest BCUT2D eigenvalue weighted by Gasteiger charge is -2.40. The van der Waals surface area contributed by atoms with Gasteiger partial charge in [0.2, 0.25) is 0 Å². The first-order valence-electron chi connectivity index (χ1n) is 5.72. The third-order valence-electron chi connectivity index (χ3n) is 3.75. The van der Waals surface area contributed by atoms with E-state index in [0.717, 1.165) is 16.7 Å². The van der Waals surface area contributed by atoms with Crippen molar-refractivity contribution in [3.05, 3.63) is 34.9 Å². The van der Waals surface area contributed by atoms with Crippen LogP contribution < -0.4 is 5.73 Å². The van der Waals surface area contributed by atoms with Gasteiger partial charge in [-0.25, -0.2) is 0 Å². The fourth-order valence-electron chi connectivity index (χ4n) is 1.82. The van der Waals surface area contributed by atoms with Gasteiger partial charge in [-0.15, -0.1) is 0 Å². The summed E-state index contributed by atoms with van der Waals surface area (Å²) in [5, 5.41) is 10.7. The number of benzene rings is 1. The van der Waals surface area contributed by atoms with Crippen molar-refractivity contribution in [3.8, 4) is 0 Å². The van der Waals surface area contributed by atoms with E-state index in [4.69, 9.17) is 5.73 Å². The van der Waals surface area contributed by atoms with Crippen LogP contribution in [0.25, 0.3) is 0 Å². The molecule has 0 aliphatic carbocycles. The minimum Gasteiger partial charge on any atom is -0.385 e. The number of hydrogen-bond donors (Lipinski definition) is 2. The van der Waals surface area contributed by atoms with Gasteiger partial charge in [-0.3, -0.25) is 0 Å². The number of nitrogens with two attached hydrogens (primary N) is 1. The van der Waals surface area contributed by atoms with Gasteiger partial charge in [0, 0.05) is 12.0 Å². The second-order valence-electron chi connectivity index (χ2n) is 5.48. The van der Waals surface area contributed by atoms with Gasteiger partial charge < -0.3 is 10.8 Å². The highest BCUT2D eigenvalue weighted by atomic mass is 16.3. The first kappa shape index (κ1) is 13.2. The maximum Gasteiger partial charge on any atom is 0.0933 e. The molecular weight excluding hydrogens is 198 g/mol. The van der Waals surface area contributed by atoms with Crippen LogP contribution in [-0.4, -0.2) is 11.7 Å². The highest BCUT2D eigenvalue weighted by molar-refractivity contribution is 5.36. The predicted octanol–water partition coefficient (Wildman–Crippen LogP) is 2.50. The van der Waals surface area contributed by atoms with Crippen LogP contribution in [0.5, 0.6) is 0 Å². The van der Waals surface area contributed by atoms with Crippen LogP contribution in [-0.2, 0) is 5.60 Å². The van der Waals surface area contributed by atoms with Crippen molar-refractivity contribution in [1.82, 2.24) is 0 Å². The summed E-state index contributed by atoms with van der Waals surface area (Å²) in [7, 11) is 0. The molecule has 0 heterocycles. The summed E-state index contributed by atoms with van der Waals surface area (Å²) in [6.07, 6.45) is 0. The Morgan fingerprint density at radius 2 is 1.75 bits per heavy atom. The molecule has 1 aromatic carbocycles. The molecule has 0 amide bonds. The molecule has 0 bridgehead atoms. The smallest absolute Gasteiger partial charge is 0.0933 e. The molecule has 1 atom stereocenters. The number of aryl methyl sites for hydroxylation is 2. The summed E-state index contributed by atoms with van der Waals surface area (Å²) in [6, 6.07) is 6.16. The lowest BCUT2D eigenvalue weighted by molar-refractivity contribution is -0.0526. The molecule has 16 heavy (non-hydrogen) atoms. The lowest BCUT2D eigenvalue weighted by atomic mass is 9.71. The molecule has 2 heteroatoms. The molecule has 0 fully saturated rings. The van der Waals surface area contributed by atoms with Gasteiger partial charge >= 0.3 is 0 Å². The van der Waals surface area contributed by atoms with E-state index < -0.39 is 5.60 Å². The van der Waals surface area contributed by atoms with Gasteiger partial charge in [0.15, 0.2) is 0 Å². The summed E-state index contributed by atoms with van der Waals surface area (Å²) < 4.78 is 0. The minimum absolute atomic E-state index is 0.342. The van der Waals surface area contributed by atoms with Crippen LogP contribution in [0, 0.1) is 19.3 Å². The second kappa shape index (κ2) is 4.19. The van der Waals surface area contributed by atoms with E-state index in [1.54, 1.807) is 0 Å². The highest BCUT2D eigenvalue weighted by Gasteiger charge is 2.40. The average molecular weight is 221 g/mol. The SMILES string of the molecule is Cc1ccc(C)c(C(C)(O)C(C)(C)CN)c1. The predicted molar refractivity (Wildman–Crippen MR) is 68.3 cm³/mol. The van der Waals surface area contributed by atoms with Crippen LogP contribution in [0.4, 0.5) is 0 Å². The summed E-state index contributed by atoms with van der Waals surface area (Å²) in [6.45, 7) is 10.4. The number of hydrogen-bond acceptors (Lipinski definition) is 2. The molecule has 2 nitrogen and oxygen atoms in total. The van der Waals surface area contributed by atoms with E-state index in [9.17, 15) is 5.11 Å². The van der Waals surface area contributed by atoms with E-state index in [1.165, 1.54) is 0 Å². The maximum atomic E-state index is 10.7. The molecule has 1 aromatic rings. The van der Waals surface area contributed by atoms with E-state index in [-0.39, 0.29) is 5.41 Å². The average Bonchev–Trinajstić information content (AvgIpc) is 2.21. The lowest BCUT2D eigenvalue weighted by Crippen LogP contribution is -2.44. The van der Waals surface area contributed by atoms with E-state index >= 15 is 0 Å². The number of rotatable bonds is 3. The van der Waals surface area contributed by atoms with E-state index in [1.807, 2.05) is 46.8 Å². The van der Waals surface area contributed by atoms with E-state index in [0.29, 0.717) is 6.54 Å². The molecule has 0 saturated carbocycles. The van der Waals surface area contributed by atoms with Gasteiger partial charge in [-0.2, -0.15) is 0 Å². The van der Waals surface area contributed by atoms with Crippen molar-refractivity contribution in [1.29, 1.82) is 0 Å². The van der Waals surface area contributed by atoms with Crippen molar-refractivity contribution in [3.63, 3.8) is 0 Å². The van der Waals surface area contributed by atoms with Crippen LogP contribution in [0.15, 0.2) is 18.2 Å². The highest BCUT2D eigenvalue weighted by Crippen LogP contribution is 2.40. The van der Waals surface area contributed by atoms with Crippen LogP contribution in [0.1, 0.15) is 37.5 Å². The standard InChI is InChI=1S/C14H23NO/c1-10-6-7-11(2)12(8-10)14(5,16)13(3,4)9-15/h6-8,16H,9,15H2,1-5H3. The summed E-state index contributed by atoms with van der Waals surface area (Å²) >= 11 is 0. The monoisotopic (exact) mass is 221 g/mol. The van der Waals surface area contributed by atoms with Crippen molar-refractivity contribution in [2.75, 3.05) is 6.54 Å². The van der Waals surface area contributed by atoms with Crippen LogP contribution in [0.3, 0.4) is 0 Å². The topological polar surface area (TPSA) is 46.2 Å². The third kappa shape index (κ3) is 2.13. The summed E-state index contributed by atoms with van der Waals surface area (Å²) in [4.78, 5) is 0. The molecule has 0 aliphatic heterocycles. The Balaban J connectivity index is 3.31. The van der Waals surface area contributed by atoms with Crippen molar-refractivity contribution in [2.45, 2.75) is 40.2 Å². The molecule has 0 aromatic heterocycles. The van der Waals surface area contributed by atoms with Crippen LogP contribution >= 0.6 is 0 Å². The number of aliphatic hydroxyl groups is 1. The molecule has 0 aliphatic rings. The van der Waals surface area contributed by atoms with Gasteiger partial charge in [-0.05, 0) is 31.9 Å². The van der Waals surface area contributed by atoms with Crippen molar-refractivity contribution in [2.24, 2.45) is 11.1 Å². The van der Waals surface area contributed by atoms with Crippen molar-refractivity contribution < 1.29 is 5.11 Å². The molecular formula is C14H23NO. The first-order valence-corrected chi connectivity index (χ1v) is 5.72. The van der Waals surface area contributed by atoms with Crippen LogP contribution in [0.2, 0.25) is 0 Å². The molecule has 0 saturated heterocycles. The molecule has 90 valence electrons. The van der Waals surface area contributed by atoms with E-state index in [2.05, 4.69) is 6.07 Å².